The summed E-state index contributed by atoms with van der Waals surface area (Å²) >= 11 is 0. The van der Waals surface area contributed by atoms with Crippen LogP contribution in [-0.4, -0.2) is 18.9 Å². The molecule has 0 aliphatic heterocycles. The van der Waals surface area contributed by atoms with E-state index in [9.17, 15) is 13.2 Å². The number of hydrogen-bond donors (Lipinski definition) is 1. The van der Waals surface area contributed by atoms with E-state index in [2.05, 4.69) is 11.1 Å². The highest BCUT2D eigenvalue weighted by Gasteiger charge is 2.11. The highest BCUT2D eigenvalue weighted by molar-refractivity contribution is 7.81. The van der Waals surface area contributed by atoms with E-state index in [1.54, 1.807) is 0 Å². The van der Waals surface area contributed by atoms with Crippen LogP contribution < -0.4 is 0 Å². The average molecular weight is 316 g/mol. The summed E-state index contributed by atoms with van der Waals surface area (Å²) in [6, 6.07) is 12.0. The minimum atomic E-state index is -4.62. The molecule has 0 saturated carbocycles. The Kier molecular flexibility index (Phi) is 11.5. The number of carbonyl (C=O) groups is 1. The van der Waals surface area contributed by atoms with Gasteiger partial charge in [0.1, 0.15) is 0 Å². The molecule has 1 N–H and O–H groups in total. The van der Waals surface area contributed by atoms with Gasteiger partial charge in [0.25, 0.3) is 0 Å². The Bertz CT molecular complexity index is 430. The zero-order chi connectivity index (χ0) is 16.0. The molecule has 0 spiro atoms. The average Bonchev–Trinajstić information content (AvgIpc) is 2.43. The second kappa shape index (κ2) is 12.3. The topological polar surface area (TPSA) is 80.7 Å². The summed E-state index contributed by atoms with van der Waals surface area (Å²) in [7, 11) is -4.62. The van der Waals surface area contributed by atoms with Crippen LogP contribution in [0.3, 0.4) is 0 Å². The monoisotopic (exact) mass is 316 g/mol. The van der Waals surface area contributed by atoms with E-state index in [-0.39, 0.29) is 6.42 Å². The molecule has 0 atom stereocenters. The maximum absolute atomic E-state index is 10.8. The van der Waals surface area contributed by atoms with Gasteiger partial charge in [-0.25, -0.2) is 0 Å². The summed E-state index contributed by atoms with van der Waals surface area (Å²) in [5.41, 5.74) is 0. The Morgan fingerprint density at radius 3 is 1.76 bits per heavy atom. The molecule has 0 heterocycles. The summed E-state index contributed by atoms with van der Waals surface area (Å²) in [5, 5.41) is 0. The molecule has 0 amide bonds. The Hall–Kier alpha value is -1.40. The molecule has 120 valence electrons. The van der Waals surface area contributed by atoms with Gasteiger partial charge in [-0.1, -0.05) is 75.4 Å². The molecule has 0 aliphatic carbocycles. The van der Waals surface area contributed by atoms with Gasteiger partial charge in [-0.15, -0.1) is 0 Å². The smallest absolute Gasteiger partial charge is 0.325 e. The first-order valence-corrected chi connectivity index (χ1v) is 8.52. The van der Waals surface area contributed by atoms with E-state index in [0.717, 1.165) is 25.7 Å². The number of carbonyl (C=O) groups excluding carboxylic acids is 1. The van der Waals surface area contributed by atoms with Crippen LogP contribution in [0, 0.1) is 0 Å². The fraction of sp³-hybridized carbons (Fsp3) is 0.533. The Labute approximate surface area is 127 Å². The van der Waals surface area contributed by atoms with E-state index in [0.29, 0.717) is 6.42 Å². The third-order valence-electron chi connectivity index (χ3n) is 2.60. The van der Waals surface area contributed by atoms with Crippen molar-refractivity contribution < 1.29 is 21.9 Å². The van der Waals surface area contributed by atoms with Gasteiger partial charge in [0, 0.05) is 6.42 Å². The molecule has 5 nitrogen and oxygen atoms in total. The standard InChI is InChI=1S/C9H18O5S.C6H6/c1-2-3-4-5-6-7-8-9(10)14-15(11,12)13;1-2-4-6-5-3-1/h2-8H2,1H3,(H,11,12,13);1-6H. The molecule has 1 rings (SSSR count). The molecule has 0 saturated heterocycles. The fourth-order valence-corrected chi connectivity index (χ4v) is 1.91. The van der Waals surface area contributed by atoms with E-state index in [4.69, 9.17) is 4.55 Å². The Balaban J connectivity index is 0.000000547. The van der Waals surface area contributed by atoms with Crippen LogP contribution in [0.15, 0.2) is 36.4 Å². The van der Waals surface area contributed by atoms with Crippen LogP contribution >= 0.6 is 0 Å². The maximum Gasteiger partial charge on any atom is 0.448 e. The second-order valence-electron chi connectivity index (χ2n) is 4.56. The van der Waals surface area contributed by atoms with E-state index in [1.807, 2.05) is 36.4 Å². The van der Waals surface area contributed by atoms with Crippen LogP contribution in [0.5, 0.6) is 0 Å². The SMILES string of the molecule is CCCCCCCCC(=O)OS(=O)(=O)O.c1ccccc1. The van der Waals surface area contributed by atoms with Crippen molar-refractivity contribution in [2.24, 2.45) is 0 Å². The van der Waals surface area contributed by atoms with Crippen LogP contribution in [0.1, 0.15) is 51.9 Å². The van der Waals surface area contributed by atoms with E-state index >= 15 is 0 Å². The first kappa shape index (κ1) is 19.6. The molecule has 0 bridgehead atoms. The van der Waals surface area contributed by atoms with Gasteiger partial charge in [-0.2, -0.15) is 8.42 Å². The molecule has 6 heteroatoms. The Morgan fingerprint density at radius 2 is 1.33 bits per heavy atom. The highest BCUT2D eigenvalue weighted by Crippen LogP contribution is 2.07. The van der Waals surface area contributed by atoms with Crippen molar-refractivity contribution in [1.82, 2.24) is 0 Å². The summed E-state index contributed by atoms with van der Waals surface area (Å²) in [6.45, 7) is 2.11. The zero-order valence-corrected chi connectivity index (χ0v) is 13.2. The van der Waals surface area contributed by atoms with Crippen molar-refractivity contribution in [2.75, 3.05) is 0 Å². The molecule has 1 aromatic carbocycles. The first-order chi connectivity index (χ1) is 9.95. The zero-order valence-electron chi connectivity index (χ0n) is 12.4. The largest absolute Gasteiger partial charge is 0.448 e. The van der Waals surface area contributed by atoms with Crippen LogP contribution in [-0.2, 0) is 19.4 Å². The molecular weight excluding hydrogens is 292 g/mol. The number of hydrogen-bond acceptors (Lipinski definition) is 4. The third kappa shape index (κ3) is 16.5. The first-order valence-electron chi connectivity index (χ1n) is 7.15. The lowest BCUT2D eigenvalue weighted by Crippen LogP contribution is -2.11. The van der Waals surface area contributed by atoms with Crippen molar-refractivity contribution in [3.63, 3.8) is 0 Å². The lowest BCUT2D eigenvalue weighted by molar-refractivity contribution is -0.134. The van der Waals surface area contributed by atoms with Crippen molar-refractivity contribution in [3.05, 3.63) is 36.4 Å². The van der Waals surface area contributed by atoms with Crippen LogP contribution in [0.25, 0.3) is 0 Å². The molecule has 1 aromatic rings. The summed E-state index contributed by atoms with van der Waals surface area (Å²) in [6.07, 6.45) is 6.00. The van der Waals surface area contributed by atoms with Gasteiger partial charge < -0.3 is 4.18 Å². The van der Waals surface area contributed by atoms with Gasteiger partial charge >= 0.3 is 16.4 Å². The highest BCUT2D eigenvalue weighted by atomic mass is 32.3. The molecule has 0 aliphatic rings. The number of rotatable bonds is 8. The quantitative estimate of drug-likeness (QED) is 0.583. The van der Waals surface area contributed by atoms with Crippen molar-refractivity contribution in [2.45, 2.75) is 51.9 Å². The van der Waals surface area contributed by atoms with Gasteiger partial charge in [-0.05, 0) is 6.42 Å². The van der Waals surface area contributed by atoms with Crippen LogP contribution in [0.2, 0.25) is 0 Å². The predicted octanol–water partition coefficient (Wildman–Crippen LogP) is 3.77. The normalized spacial score (nSPS) is 10.4. The second-order valence-corrected chi connectivity index (χ2v) is 5.58. The molecule has 21 heavy (non-hydrogen) atoms. The lowest BCUT2D eigenvalue weighted by atomic mass is 10.1. The molecule has 0 aromatic heterocycles. The minimum absolute atomic E-state index is 0.0336. The fourth-order valence-electron chi connectivity index (χ4n) is 1.59. The maximum atomic E-state index is 10.8. The Morgan fingerprint density at radius 1 is 0.905 bits per heavy atom. The summed E-state index contributed by atoms with van der Waals surface area (Å²) in [4.78, 5) is 10.8. The minimum Gasteiger partial charge on any atom is -0.325 e. The van der Waals surface area contributed by atoms with Crippen LogP contribution in [0.4, 0.5) is 0 Å². The number of benzene rings is 1. The van der Waals surface area contributed by atoms with Crippen molar-refractivity contribution >= 4 is 16.4 Å². The van der Waals surface area contributed by atoms with E-state index < -0.39 is 16.4 Å². The van der Waals surface area contributed by atoms with Gasteiger partial charge in [0.15, 0.2) is 0 Å². The number of unbranched alkanes of at least 4 members (excludes halogenated alkanes) is 5. The van der Waals surface area contributed by atoms with Crippen molar-refractivity contribution in [3.8, 4) is 0 Å². The van der Waals surface area contributed by atoms with E-state index in [1.165, 1.54) is 6.42 Å². The lowest BCUT2D eigenvalue weighted by Gasteiger charge is -2.00. The molecule has 0 radical (unpaired) electrons. The van der Waals surface area contributed by atoms with Crippen molar-refractivity contribution in [1.29, 1.82) is 0 Å². The molecule has 0 unspecified atom stereocenters. The third-order valence-corrected chi connectivity index (χ3v) is 3.00. The van der Waals surface area contributed by atoms with Gasteiger partial charge in [0.05, 0.1) is 0 Å². The van der Waals surface area contributed by atoms with Gasteiger partial charge in [0.2, 0.25) is 0 Å². The predicted molar refractivity (Wildman–Crippen MR) is 82.1 cm³/mol. The summed E-state index contributed by atoms with van der Waals surface area (Å²) < 4.78 is 32.2. The van der Waals surface area contributed by atoms with Gasteiger partial charge in [-0.3, -0.25) is 9.35 Å². The summed E-state index contributed by atoms with van der Waals surface area (Å²) in [5.74, 6) is -0.895. The molecule has 0 fully saturated rings. The molecular formula is C15H24O5S.